The summed E-state index contributed by atoms with van der Waals surface area (Å²) >= 11 is 0. The molecule has 3 rings (SSSR count). The highest BCUT2D eigenvalue weighted by Crippen LogP contribution is 2.24. The SMILES string of the molecule is Cc1cc(F)c(C(=O)N2CCC[C@@H](n3cc(C(=O)O)cn3)C2)cc1F. The quantitative estimate of drug-likeness (QED) is 0.924. The molecule has 0 unspecified atom stereocenters. The summed E-state index contributed by atoms with van der Waals surface area (Å²) in [6, 6.07) is 1.73. The van der Waals surface area contributed by atoms with Gasteiger partial charge in [-0.1, -0.05) is 0 Å². The molecular formula is C17H17F2N3O3. The van der Waals surface area contributed by atoms with E-state index in [-0.39, 0.29) is 29.3 Å². The van der Waals surface area contributed by atoms with E-state index in [0.29, 0.717) is 13.0 Å². The number of hydrogen-bond donors (Lipinski definition) is 1. The molecule has 1 aromatic carbocycles. The van der Waals surface area contributed by atoms with Gasteiger partial charge in [0.25, 0.3) is 5.91 Å². The van der Waals surface area contributed by atoms with Crippen molar-refractivity contribution in [3.05, 3.63) is 52.9 Å². The molecule has 1 aromatic heterocycles. The van der Waals surface area contributed by atoms with Gasteiger partial charge in [0.05, 0.1) is 23.4 Å². The van der Waals surface area contributed by atoms with Gasteiger partial charge in [-0.2, -0.15) is 5.10 Å². The molecule has 1 aliphatic rings. The number of carbonyl (C=O) groups is 2. The first-order valence-electron chi connectivity index (χ1n) is 7.89. The Balaban J connectivity index is 1.80. The number of nitrogens with zero attached hydrogens (tertiary/aromatic N) is 3. The Labute approximate surface area is 142 Å². The predicted molar refractivity (Wildman–Crippen MR) is 84.5 cm³/mol. The van der Waals surface area contributed by atoms with E-state index < -0.39 is 23.5 Å². The summed E-state index contributed by atoms with van der Waals surface area (Å²) in [7, 11) is 0. The van der Waals surface area contributed by atoms with Crippen LogP contribution in [0.3, 0.4) is 0 Å². The van der Waals surface area contributed by atoms with Gasteiger partial charge in [-0.3, -0.25) is 9.48 Å². The fourth-order valence-corrected chi connectivity index (χ4v) is 2.98. The number of carbonyl (C=O) groups excluding carboxylic acids is 1. The molecule has 0 saturated carbocycles. The second-order valence-electron chi connectivity index (χ2n) is 6.14. The Morgan fingerprint density at radius 2 is 2.04 bits per heavy atom. The molecule has 0 radical (unpaired) electrons. The first-order chi connectivity index (χ1) is 11.9. The standard InChI is InChI=1S/C17H17F2N3O3/c1-10-5-15(19)13(6-14(10)18)16(23)21-4-2-3-12(9-21)22-8-11(7-20-22)17(24)25/h5-8,12H,2-4,9H2,1H3,(H,24,25)/t12-/m1/s1. The summed E-state index contributed by atoms with van der Waals surface area (Å²) in [5, 5.41) is 13.0. The van der Waals surface area contributed by atoms with Gasteiger partial charge in [0, 0.05) is 19.3 Å². The summed E-state index contributed by atoms with van der Waals surface area (Å²) < 4.78 is 29.3. The Morgan fingerprint density at radius 1 is 1.28 bits per heavy atom. The van der Waals surface area contributed by atoms with Crippen LogP contribution in [0, 0.1) is 18.6 Å². The van der Waals surface area contributed by atoms with Crippen molar-refractivity contribution in [1.29, 1.82) is 0 Å². The first kappa shape index (κ1) is 17.1. The third kappa shape index (κ3) is 3.38. The smallest absolute Gasteiger partial charge is 0.338 e. The molecule has 1 atom stereocenters. The van der Waals surface area contributed by atoms with Gasteiger partial charge in [0.15, 0.2) is 0 Å². The summed E-state index contributed by atoms with van der Waals surface area (Å²) in [4.78, 5) is 25.0. The zero-order valence-electron chi connectivity index (χ0n) is 13.6. The fraction of sp³-hybridized carbons (Fsp3) is 0.353. The number of halogens is 2. The Hall–Kier alpha value is -2.77. The van der Waals surface area contributed by atoms with E-state index in [0.717, 1.165) is 18.6 Å². The van der Waals surface area contributed by atoms with E-state index in [1.54, 1.807) is 0 Å². The number of rotatable bonds is 3. The van der Waals surface area contributed by atoms with Crippen LogP contribution < -0.4 is 0 Å². The van der Waals surface area contributed by atoms with Gasteiger partial charge in [-0.05, 0) is 37.5 Å². The first-order valence-corrected chi connectivity index (χ1v) is 7.89. The minimum Gasteiger partial charge on any atom is -0.478 e. The maximum atomic E-state index is 14.1. The monoisotopic (exact) mass is 349 g/mol. The molecule has 132 valence electrons. The van der Waals surface area contributed by atoms with Crippen molar-refractivity contribution in [3.8, 4) is 0 Å². The largest absolute Gasteiger partial charge is 0.478 e. The van der Waals surface area contributed by atoms with Gasteiger partial charge >= 0.3 is 5.97 Å². The van der Waals surface area contributed by atoms with E-state index in [2.05, 4.69) is 5.10 Å². The molecule has 8 heteroatoms. The van der Waals surface area contributed by atoms with E-state index in [1.165, 1.54) is 28.9 Å². The summed E-state index contributed by atoms with van der Waals surface area (Å²) in [5.41, 5.74) is -0.0890. The number of carboxylic acid groups (broad SMARTS) is 1. The second-order valence-corrected chi connectivity index (χ2v) is 6.14. The Kier molecular flexibility index (Phi) is 4.52. The number of aromatic nitrogens is 2. The molecular weight excluding hydrogens is 332 g/mol. The van der Waals surface area contributed by atoms with Crippen LogP contribution in [0.15, 0.2) is 24.5 Å². The fourth-order valence-electron chi connectivity index (χ4n) is 2.98. The van der Waals surface area contributed by atoms with Gasteiger partial charge in [-0.15, -0.1) is 0 Å². The van der Waals surface area contributed by atoms with Crippen LogP contribution >= 0.6 is 0 Å². The number of aryl methyl sites for hydroxylation is 1. The summed E-state index contributed by atoms with van der Waals surface area (Å²) in [5.74, 6) is -3.03. The normalized spacial score (nSPS) is 17.6. The maximum Gasteiger partial charge on any atom is 0.338 e. The number of piperidine rings is 1. The Morgan fingerprint density at radius 3 is 2.72 bits per heavy atom. The molecule has 0 bridgehead atoms. The lowest BCUT2D eigenvalue weighted by atomic mass is 10.0. The molecule has 2 heterocycles. The molecule has 0 aliphatic carbocycles. The third-order valence-corrected chi connectivity index (χ3v) is 4.39. The van der Waals surface area contributed by atoms with Crippen molar-refractivity contribution in [2.45, 2.75) is 25.8 Å². The molecule has 1 amide bonds. The van der Waals surface area contributed by atoms with Crippen molar-refractivity contribution < 1.29 is 23.5 Å². The van der Waals surface area contributed by atoms with Crippen LogP contribution in [0.4, 0.5) is 8.78 Å². The molecule has 1 N–H and O–H groups in total. The van der Waals surface area contributed by atoms with Crippen LogP contribution in [0.2, 0.25) is 0 Å². The van der Waals surface area contributed by atoms with Gasteiger partial charge in [-0.25, -0.2) is 13.6 Å². The molecule has 6 nitrogen and oxygen atoms in total. The number of hydrogen-bond acceptors (Lipinski definition) is 3. The lowest BCUT2D eigenvalue weighted by Crippen LogP contribution is -2.41. The average Bonchev–Trinajstić information content (AvgIpc) is 3.08. The van der Waals surface area contributed by atoms with Crippen LogP contribution in [0.5, 0.6) is 0 Å². The van der Waals surface area contributed by atoms with Crippen molar-refractivity contribution in [3.63, 3.8) is 0 Å². The van der Waals surface area contributed by atoms with Crippen LogP contribution in [-0.2, 0) is 0 Å². The Bertz CT molecular complexity index is 835. The third-order valence-electron chi connectivity index (χ3n) is 4.39. The topological polar surface area (TPSA) is 75.4 Å². The highest BCUT2D eigenvalue weighted by Gasteiger charge is 2.28. The number of amides is 1. The summed E-state index contributed by atoms with van der Waals surface area (Å²) in [6.07, 6.45) is 4.04. The zero-order valence-corrected chi connectivity index (χ0v) is 13.6. The van der Waals surface area contributed by atoms with Crippen LogP contribution in [-0.4, -0.2) is 44.8 Å². The van der Waals surface area contributed by atoms with Crippen LogP contribution in [0.25, 0.3) is 0 Å². The molecule has 1 aliphatic heterocycles. The van der Waals surface area contributed by atoms with Gasteiger partial charge in [0.1, 0.15) is 11.6 Å². The predicted octanol–water partition coefficient (Wildman–Crippen LogP) is 2.65. The highest BCUT2D eigenvalue weighted by atomic mass is 19.1. The summed E-state index contributed by atoms with van der Waals surface area (Å²) in [6.45, 7) is 2.12. The number of aromatic carboxylic acids is 1. The lowest BCUT2D eigenvalue weighted by molar-refractivity contribution is 0.0661. The van der Waals surface area contributed by atoms with Crippen molar-refractivity contribution in [2.75, 3.05) is 13.1 Å². The molecule has 2 aromatic rings. The maximum absolute atomic E-state index is 14.1. The molecule has 1 fully saturated rings. The van der Waals surface area contributed by atoms with E-state index in [9.17, 15) is 18.4 Å². The van der Waals surface area contributed by atoms with E-state index in [4.69, 9.17) is 5.11 Å². The lowest BCUT2D eigenvalue weighted by Gasteiger charge is -2.33. The van der Waals surface area contributed by atoms with Crippen molar-refractivity contribution in [2.24, 2.45) is 0 Å². The zero-order chi connectivity index (χ0) is 18.1. The van der Waals surface area contributed by atoms with Gasteiger partial charge in [0.2, 0.25) is 0 Å². The number of carboxylic acids is 1. The minimum absolute atomic E-state index is 0.0649. The van der Waals surface area contributed by atoms with Crippen LogP contribution in [0.1, 0.15) is 45.2 Å². The molecule has 25 heavy (non-hydrogen) atoms. The van der Waals surface area contributed by atoms with E-state index in [1.807, 2.05) is 0 Å². The molecule has 1 saturated heterocycles. The van der Waals surface area contributed by atoms with Crippen molar-refractivity contribution in [1.82, 2.24) is 14.7 Å². The second kappa shape index (κ2) is 6.62. The highest BCUT2D eigenvalue weighted by molar-refractivity contribution is 5.94. The average molecular weight is 349 g/mol. The minimum atomic E-state index is -1.08. The number of benzene rings is 1. The van der Waals surface area contributed by atoms with Crippen molar-refractivity contribution >= 4 is 11.9 Å². The van der Waals surface area contributed by atoms with E-state index >= 15 is 0 Å². The van der Waals surface area contributed by atoms with Gasteiger partial charge < -0.3 is 10.0 Å². The number of likely N-dealkylation sites (tertiary alicyclic amines) is 1. The molecule has 0 spiro atoms.